The SMILES string of the molecule is Cn1ccc(-c2ccc(NC(=O)[C@@H](NCCc3ccc(C#N)cc3)c3ccccc3)cc2)n1. The van der Waals surface area contributed by atoms with Crippen LogP contribution in [0.25, 0.3) is 11.3 Å². The quantitative estimate of drug-likeness (QED) is 0.428. The molecule has 0 bridgehead atoms. The minimum absolute atomic E-state index is 0.119. The zero-order chi connectivity index (χ0) is 23.0. The Bertz CT molecular complexity index is 1240. The number of hydrogen-bond acceptors (Lipinski definition) is 4. The van der Waals surface area contributed by atoms with Crippen LogP contribution in [-0.2, 0) is 18.3 Å². The van der Waals surface area contributed by atoms with Gasteiger partial charge in [0.1, 0.15) is 6.04 Å². The highest BCUT2D eigenvalue weighted by Gasteiger charge is 2.20. The van der Waals surface area contributed by atoms with Crippen LogP contribution in [0.3, 0.4) is 0 Å². The van der Waals surface area contributed by atoms with Gasteiger partial charge in [0.25, 0.3) is 0 Å². The fraction of sp³-hybridized carbons (Fsp3) is 0.148. The molecule has 4 aromatic rings. The molecule has 1 aromatic heterocycles. The summed E-state index contributed by atoms with van der Waals surface area (Å²) in [7, 11) is 1.89. The van der Waals surface area contributed by atoms with Crippen LogP contribution in [0.4, 0.5) is 5.69 Å². The molecule has 164 valence electrons. The molecule has 0 aliphatic rings. The van der Waals surface area contributed by atoms with Gasteiger partial charge < -0.3 is 10.6 Å². The van der Waals surface area contributed by atoms with E-state index in [1.807, 2.05) is 98.2 Å². The van der Waals surface area contributed by atoms with E-state index in [0.717, 1.165) is 34.5 Å². The molecule has 4 rings (SSSR count). The fourth-order valence-corrected chi connectivity index (χ4v) is 3.62. The largest absolute Gasteiger partial charge is 0.324 e. The van der Waals surface area contributed by atoms with Gasteiger partial charge in [-0.2, -0.15) is 10.4 Å². The Kier molecular flexibility index (Phi) is 6.93. The zero-order valence-corrected chi connectivity index (χ0v) is 18.4. The van der Waals surface area contributed by atoms with E-state index in [-0.39, 0.29) is 5.91 Å². The Morgan fingerprint density at radius 1 is 1.00 bits per heavy atom. The molecule has 0 aliphatic carbocycles. The topological polar surface area (TPSA) is 82.7 Å². The third-order valence-electron chi connectivity index (χ3n) is 5.40. The summed E-state index contributed by atoms with van der Waals surface area (Å²) in [6, 6.07) is 28.5. The number of nitrogens with zero attached hydrogens (tertiary/aromatic N) is 3. The highest BCUT2D eigenvalue weighted by atomic mass is 16.2. The number of amides is 1. The number of nitriles is 1. The zero-order valence-electron chi connectivity index (χ0n) is 18.4. The number of aromatic nitrogens is 2. The van der Waals surface area contributed by atoms with Crippen molar-refractivity contribution in [3.8, 4) is 17.3 Å². The van der Waals surface area contributed by atoms with Crippen molar-refractivity contribution in [3.05, 3.63) is 108 Å². The Labute approximate surface area is 193 Å². The van der Waals surface area contributed by atoms with Crippen LogP contribution in [0.5, 0.6) is 0 Å². The summed E-state index contributed by atoms with van der Waals surface area (Å²) in [5.41, 5.74) is 5.27. The molecular formula is C27H25N5O. The summed E-state index contributed by atoms with van der Waals surface area (Å²) >= 11 is 0. The van der Waals surface area contributed by atoms with Gasteiger partial charge in [0.05, 0.1) is 17.3 Å². The van der Waals surface area contributed by atoms with Crippen LogP contribution in [0, 0.1) is 11.3 Å². The van der Waals surface area contributed by atoms with Gasteiger partial charge >= 0.3 is 0 Å². The molecule has 33 heavy (non-hydrogen) atoms. The van der Waals surface area contributed by atoms with Gasteiger partial charge in [0.2, 0.25) is 5.91 Å². The number of anilines is 1. The predicted octanol–water partition coefficient (Wildman–Crippen LogP) is 4.47. The van der Waals surface area contributed by atoms with Gasteiger partial charge in [-0.15, -0.1) is 0 Å². The van der Waals surface area contributed by atoms with Crippen LogP contribution >= 0.6 is 0 Å². The summed E-state index contributed by atoms with van der Waals surface area (Å²) in [5.74, 6) is -0.119. The lowest BCUT2D eigenvalue weighted by molar-refractivity contribution is -0.118. The molecule has 0 unspecified atom stereocenters. The van der Waals surface area contributed by atoms with Crippen LogP contribution in [0.2, 0.25) is 0 Å². The van der Waals surface area contributed by atoms with Gasteiger partial charge in [-0.25, -0.2) is 0 Å². The second kappa shape index (κ2) is 10.4. The van der Waals surface area contributed by atoms with E-state index in [0.29, 0.717) is 12.1 Å². The highest BCUT2D eigenvalue weighted by Crippen LogP contribution is 2.21. The summed E-state index contributed by atoms with van der Waals surface area (Å²) in [5, 5.41) is 19.8. The number of carbonyl (C=O) groups is 1. The molecule has 0 spiro atoms. The third kappa shape index (κ3) is 5.73. The second-order valence-electron chi connectivity index (χ2n) is 7.80. The van der Waals surface area contributed by atoms with Crippen molar-refractivity contribution < 1.29 is 4.79 Å². The number of carbonyl (C=O) groups excluding carboxylic acids is 1. The van der Waals surface area contributed by atoms with Crippen molar-refractivity contribution in [2.45, 2.75) is 12.5 Å². The molecule has 6 heteroatoms. The van der Waals surface area contributed by atoms with Gasteiger partial charge in [-0.05, 0) is 47.9 Å². The average Bonchev–Trinajstić information content (AvgIpc) is 3.29. The van der Waals surface area contributed by atoms with E-state index in [1.165, 1.54) is 0 Å². The summed E-state index contributed by atoms with van der Waals surface area (Å²) < 4.78 is 1.76. The van der Waals surface area contributed by atoms with Crippen molar-refractivity contribution in [1.82, 2.24) is 15.1 Å². The first-order chi connectivity index (χ1) is 16.1. The molecule has 0 aliphatic heterocycles. The van der Waals surface area contributed by atoms with E-state index in [9.17, 15) is 4.79 Å². The molecule has 0 fully saturated rings. The van der Waals surface area contributed by atoms with Crippen molar-refractivity contribution in [2.75, 3.05) is 11.9 Å². The van der Waals surface area contributed by atoms with E-state index in [4.69, 9.17) is 5.26 Å². The maximum atomic E-state index is 13.2. The molecule has 3 aromatic carbocycles. The van der Waals surface area contributed by atoms with Crippen molar-refractivity contribution >= 4 is 11.6 Å². The molecular weight excluding hydrogens is 410 g/mol. The molecule has 0 saturated carbocycles. The Hall–Kier alpha value is -4.21. The Morgan fingerprint density at radius 2 is 1.73 bits per heavy atom. The molecule has 1 heterocycles. The number of rotatable bonds is 8. The van der Waals surface area contributed by atoms with E-state index >= 15 is 0 Å². The minimum atomic E-state index is -0.486. The maximum absolute atomic E-state index is 13.2. The Morgan fingerprint density at radius 3 is 2.36 bits per heavy atom. The van der Waals surface area contributed by atoms with E-state index in [1.54, 1.807) is 4.68 Å². The number of aryl methyl sites for hydroxylation is 1. The first kappa shape index (κ1) is 22.0. The Balaban J connectivity index is 1.42. The average molecular weight is 436 g/mol. The third-order valence-corrected chi connectivity index (χ3v) is 5.40. The number of nitrogens with one attached hydrogen (secondary N) is 2. The van der Waals surface area contributed by atoms with Gasteiger partial charge in [-0.1, -0.05) is 54.6 Å². The smallest absolute Gasteiger partial charge is 0.246 e. The summed E-state index contributed by atoms with van der Waals surface area (Å²) in [6.07, 6.45) is 2.65. The van der Waals surface area contributed by atoms with Crippen LogP contribution in [0.15, 0.2) is 91.1 Å². The van der Waals surface area contributed by atoms with Gasteiger partial charge in [0.15, 0.2) is 0 Å². The summed E-state index contributed by atoms with van der Waals surface area (Å²) in [4.78, 5) is 13.2. The van der Waals surface area contributed by atoms with Crippen LogP contribution < -0.4 is 10.6 Å². The highest BCUT2D eigenvalue weighted by molar-refractivity contribution is 5.95. The van der Waals surface area contributed by atoms with Gasteiger partial charge in [0, 0.05) is 31.0 Å². The molecule has 1 amide bonds. The number of hydrogen-bond donors (Lipinski definition) is 2. The predicted molar refractivity (Wildman–Crippen MR) is 129 cm³/mol. The lowest BCUT2D eigenvalue weighted by Crippen LogP contribution is -2.34. The normalized spacial score (nSPS) is 11.5. The van der Waals surface area contributed by atoms with Crippen LogP contribution in [-0.4, -0.2) is 22.2 Å². The first-order valence-corrected chi connectivity index (χ1v) is 10.8. The molecule has 0 radical (unpaired) electrons. The first-order valence-electron chi connectivity index (χ1n) is 10.8. The van der Waals surface area contributed by atoms with Crippen molar-refractivity contribution in [1.29, 1.82) is 5.26 Å². The van der Waals surface area contributed by atoms with Gasteiger partial charge in [-0.3, -0.25) is 9.48 Å². The maximum Gasteiger partial charge on any atom is 0.246 e. The monoisotopic (exact) mass is 435 g/mol. The minimum Gasteiger partial charge on any atom is -0.324 e. The van der Waals surface area contributed by atoms with Crippen molar-refractivity contribution in [3.63, 3.8) is 0 Å². The lowest BCUT2D eigenvalue weighted by Gasteiger charge is -2.19. The van der Waals surface area contributed by atoms with E-state index < -0.39 is 6.04 Å². The molecule has 1 atom stereocenters. The number of benzene rings is 3. The second-order valence-corrected chi connectivity index (χ2v) is 7.80. The standard InChI is InChI=1S/C27H25N5O/c1-32-18-16-25(31-32)22-11-13-24(14-12-22)30-27(33)26(23-5-3-2-4-6-23)29-17-15-20-7-9-21(19-28)10-8-20/h2-14,16,18,26,29H,15,17H2,1H3,(H,30,33)/t26-/m0/s1. The molecule has 6 nitrogen and oxygen atoms in total. The lowest BCUT2D eigenvalue weighted by atomic mass is 10.0. The fourth-order valence-electron chi connectivity index (χ4n) is 3.62. The van der Waals surface area contributed by atoms with E-state index in [2.05, 4.69) is 21.8 Å². The summed E-state index contributed by atoms with van der Waals surface area (Å²) in [6.45, 7) is 0.623. The molecule has 0 saturated heterocycles. The van der Waals surface area contributed by atoms with Crippen LogP contribution in [0.1, 0.15) is 22.7 Å². The van der Waals surface area contributed by atoms with Crippen molar-refractivity contribution in [2.24, 2.45) is 7.05 Å². The molecule has 2 N–H and O–H groups in total.